The molecule has 2 aromatic rings. The smallest absolute Gasteiger partial charge is 0.257 e. The number of rotatable bonds is 5. The number of H-pyrrole nitrogens is 2. The van der Waals surface area contributed by atoms with E-state index in [0.717, 1.165) is 42.8 Å². The first-order valence-electron chi connectivity index (χ1n) is 9.48. The molecule has 7 nitrogen and oxygen atoms in total. The molecule has 1 aliphatic heterocycles. The number of amides is 1. The minimum absolute atomic E-state index is 0.0979. The van der Waals surface area contributed by atoms with Crippen LogP contribution in [0, 0.1) is 11.8 Å². The van der Waals surface area contributed by atoms with Crippen LogP contribution in [-0.2, 0) is 6.42 Å². The standard InChI is InChI=1S/C18H24N6O/c1-2-15-12(7-19-21-15)18(25)24-8-13(10-3-4-10)14(9-24)17-20-16(22-23-17)11-5-6-11/h7,10-11,13-14H,2-6,8-9H2,1H3,(H,19,21)(H,20,22,23)/t13-,14+/m1/s1. The number of carbonyl (C=O) groups excluding carboxylic acids is 1. The molecule has 0 aromatic carbocycles. The van der Waals surface area contributed by atoms with E-state index in [2.05, 4.69) is 20.4 Å². The third-order valence-corrected chi connectivity index (χ3v) is 6.00. The fourth-order valence-electron chi connectivity index (χ4n) is 4.20. The second-order valence-corrected chi connectivity index (χ2v) is 7.79. The Morgan fingerprint density at radius 3 is 2.80 bits per heavy atom. The molecule has 0 radical (unpaired) electrons. The Morgan fingerprint density at radius 1 is 1.24 bits per heavy atom. The zero-order valence-electron chi connectivity index (χ0n) is 14.5. The summed E-state index contributed by atoms with van der Waals surface area (Å²) in [6, 6.07) is 0. The van der Waals surface area contributed by atoms with E-state index in [1.807, 2.05) is 11.8 Å². The van der Waals surface area contributed by atoms with E-state index in [1.165, 1.54) is 25.7 Å². The molecule has 132 valence electrons. The van der Waals surface area contributed by atoms with Crippen LogP contribution >= 0.6 is 0 Å². The van der Waals surface area contributed by atoms with Gasteiger partial charge in [-0.15, -0.1) is 0 Å². The first kappa shape index (κ1) is 15.1. The number of likely N-dealkylation sites (tertiary alicyclic amines) is 1. The predicted molar refractivity (Wildman–Crippen MR) is 91.2 cm³/mol. The van der Waals surface area contributed by atoms with Gasteiger partial charge in [0, 0.05) is 30.6 Å². The van der Waals surface area contributed by atoms with Gasteiger partial charge in [-0.1, -0.05) is 6.92 Å². The van der Waals surface area contributed by atoms with E-state index in [4.69, 9.17) is 4.98 Å². The number of nitrogens with zero attached hydrogens (tertiary/aromatic N) is 4. The summed E-state index contributed by atoms with van der Waals surface area (Å²) in [6.45, 7) is 3.59. The van der Waals surface area contributed by atoms with Crippen LogP contribution in [0.25, 0.3) is 0 Å². The first-order chi connectivity index (χ1) is 12.2. The molecule has 2 N–H and O–H groups in total. The summed E-state index contributed by atoms with van der Waals surface area (Å²) in [5.41, 5.74) is 1.64. The fourth-order valence-corrected chi connectivity index (χ4v) is 4.20. The van der Waals surface area contributed by atoms with Crippen LogP contribution in [0.5, 0.6) is 0 Å². The number of hydrogen-bond donors (Lipinski definition) is 2. The van der Waals surface area contributed by atoms with E-state index in [9.17, 15) is 4.79 Å². The number of carbonyl (C=O) groups is 1. The lowest BCUT2D eigenvalue weighted by Crippen LogP contribution is -2.29. The van der Waals surface area contributed by atoms with Crippen LogP contribution < -0.4 is 0 Å². The lowest BCUT2D eigenvalue weighted by atomic mass is 9.91. The number of aromatic nitrogens is 5. The predicted octanol–water partition coefficient (Wildman–Crippen LogP) is 2.23. The summed E-state index contributed by atoms with van der Waals surface area (Å²) >= 11 is 0. The Balaban J connectivity index is 1.39. The van der Waals surface area contributed by atoms with Crippen molar-refractivity contribution in [3.63, 3.8) is 0 Å². The topological polar surface area (TPSA) is 90.6 Å². The number of aromatic amines is 2. The minimum atomic E-state index is 0.0979. The highest BCUT2D eigenvalue weighted by Crippen LogP contribution is 2.47. The van der Waals surface area contributed by atoms with Crippen LogP contribution in [0.3, 0.4) is 0 Å². The molecule has 3 fully saturated rings. The van der Waals surface area contributed by atoms with Crippen molar-refractivity contribution in [1.82, 2.24) is 30.3 Å². The maximum Gasteiger partial charge on any atom is 0.257 e. The maximum absolute atomic E-state index is 13.0. The molecule has 3 aliphatic rings. The molecule has 3 heterocycles. The quantitative estimate of drug-likeness (QED) is 0.873. The van der Waals surface area contributed by atoms with Gasteiger partial charge >= 0.3 is 0 Å². The zero-order chi connectivity index (χ0) is 17.0. The van der Waals surface area contributed by atoms with E-state index < -0.39 is 0 Å². The maximum atomic E-state index is 13.0. The summed E-state index contributed by atoms with van der Waals surface area (Å²) in [5.74, 6) is 4.12. The van der Waals surface area contributed by atoms with Gasteiger partial charge in [-0.2, -0.15) is 10.2 Å². The Kier molecular flexibility index (Phi) is 3.43. The van der Waals surface area contributed by atoms with E-state index in [0.29, 0.717) is 17.4 Å². The number of nitrogens with one attached hydrogen (secondary N) is 2. The third kappa shape index (κ3) is 2.65. The molecule has 0 spiro atoms. The van der Waals surface area contributed by atoms with Crippen molar-refractivity contribution in [2.24, 2.45) is 11.8 Å². The molecule has 1 amide bonds. The highest BCUT2D eigenvalue weighted by atomic mass is 16.2. The van der Waals surface area contributed by atoms with Gasteiger partial charge in [-0.3, -0.25) is 15.0 Å². The molecule has 7 heteroatoms. The Morgan fingerprint density at radius 2 is 2.08 bits per heavy atom. The minimum Gasteiger partial charge on any atom is -0.337 e. The van der Waals surface area contributed by atoms with E-state index in [1.54, 1.807) is 6.20 Å². The van der Waals surface area contributed by atoms with Gasteiger partial charge in [0.1, 0.15) is 5.82 Å². The highest BCUT2D eigenvalue weighted by molar-refractivity contribution is 5.95. The number of hydrogen-bond acceptors (Lipinski definition) is 4. The van der Waals surface area contributed by atoms with Crippen molar-refractivity contribution in [3.8, 4) is 0 Å². The van der Waals surface area contributed by atoms with Crippen molar-refractivity contribution in [3.05, 3.63) is 29.1 Å². The second-order valence-electron chi connectivity index (χ2n) is 7.79. The summed E-state index contributed by atoms with van der Waals surface area (Å²) in [5, 5.41) is 14.6. The van der Waals surface area contributed by atoms with Gasteiger partial charge in [0.25, 0.3) is 5.91 Å². The highest BCUT2D eigenvalue weighted by Gasteiger charge is 2.46. The molecule has 25 heavy (non-hydrogen) atoms. The van der Waals surface area contributed by atoms with Crippen molar-refractivity contribution in [1.29, 1.82) is 0 Å². The molecule has 0 bridgehead atoms. The van der Waals surface area contributed by atoms with Crippen molar-refractivity contribution < 1.29 is 4.79 Å². The average molecular weight is 340 g/mol. The summed E-state index contributed by atoms with van der Waals surface area (Å²) in [6.07, 6.45) is 7.42. The van der Waals surface area contributed by atoms with Gasteiger partial charge in [-0.05, 0) is 43.9 Å². The van der Waals surface area contributed by atoms with Gasteiger partial charge in [-0.25, -0.2) is 4.98 Å². The van der Waals surface area contributed by atoms with Crippen molar-refractivity contribution >= 4 is 5.91 Å². The summed E-state index contributed by atoms with van der Waals surface area (Å²) in [7, 11) is 0. The van der Waals surface area contributed by atoms with Gasteiger partial charge in [0.15, 0.2) is 5.82 Å². The summed E-state index contributed by atoms with van der Waals surface area (Å²) in [4.78, 5) is 19.8. The molecular weight excluding hydrogens is 316 g/mol. The lowest BCUT2D eigenvalue weighted by molar-refractivity contribution is 0.0783. The molecule has 0 unspecified atom stereocenters. The number of aryl methyl sites for hydroxylation is 1. The van der Waals surface area contributed by atoms with Crippen LogP contribution in [0.4, 0.5) is 0 Å². The largest absolute Gasteiger partial charge is 0.337 e. The van der Waals surface area contributed by atoms with Gasteiger partial charge in [0.2, 0.25) is 0 Å². The molecular formula is C18H24N6O. The Bertz CT molecular complexity index is 787. The van der Waals surface area contributed by atoms with Crippen LogP contribution in [0.1, 0.15) is 72.1 Å². The van der Waals surface area contributed by atoms with Crippen LogP contribution in [0.15, 0.2) is 6.20 Å². The normalized spacial score (nSPS) is 26.4. The fraction of sp³-hybridized carbons (Fsp3) is 0.667. The molecule has 1 saturated heterocycles. The Labute approximate surface area is 146 Å². The van der Waals surface area contributed by atoms with E-state index in [-0.39, 0.29) is 11.8 Å². The molecule has 5 rings (SSSR count). The molecule has 2 aliphatic carbocycles. The van der Waals surface area contributed by atoms with Gasteiger partial charge < -0.3 is 4.90 Å². The van der Waals surface area contributed by atoms with Crippen LogP contribution in [0.2, 0.25) is 0 Å². The molecule has 2 saturated carbocycles. The average Bonchev–Trinajstić information content (AvgIpc) is 3.51. The van der Waals surface area contributed by atoms with Crippen molar-refractivity contribution in [2.45, 2.75) is 50.9 Å². The first-order valence-corrected chi connectivity index (χ1v) is 9.48. The van der Waals surface area contributed by atoms with Crippen molar-refractivity contribution in [2.75, 3.05) is 13.1 Å². The molecule has 2 aromatic heterocycles. The van der Waals surface area contributed by atoms with E-state index >= 15 is 0 Å². The molecule has 2 atom stereocenters. The zero-order valence-corrected chi connectivity index (χ0v) is 14.5. The SMILES string of the molecule is CCc1[nH]ncc1C(=O)N1C[C@H](c2nc(C3CC3)n[nH]2)[C@@H](C2CC2)C1. The lowest BCUT2D eigenvalue weighted by Gasteiger charge is -2.16. The van der Waals surface area contributed by atoms with Gasteiger partial charge in [0.05, 0.1) is 11.8 Å². The summed E-state index contributed by atoms with van der Waals surface area (Å²) < 4.78 is 0. The Hall–Kier alpha value is -2.18. The third-order valence-electron chi connectivity index (χ3n) is 6.00. The van der Waals surface area contributed by atoms with Crippen LogP contribution in [-0.4, -0.2) is 49.3 Å². The second kappa shape index (κ2) is 5.68. The monoisotopic (exact) mass is 340 g/mol.